The summed E-state index contributed by atoms with van der Waals surface area (Å²) in [5.41, 5.74) is 0. The Hall–Kier alpha value is -1.96. The number of carbonyl (C=O) groups excluding carboxylic acids is 2. The minimum atomic E-state index is -1.43. The van der Waals surface area contributed by atoms with Crippen molar-refractivity contribution in [3.05, 3.63) is 11.5 Å². The lowest BCUT2D eigenvalue weighted by Gasteiger charge is -2.35. The lowest BCUT2D eigenvalue weighted by molar-refractivity contribution is -0.270. The Labute approximate surface area is 396 Å². The second kappa shape index (κ2) is 35.2. The number of esters is 2. The average Bonchev–Trinajstić information content (AvgIpc) is 3.49. The van der Waals surface area contributed by atoms with Crippen molar-refractivity contribution in [1.29, 1.82) is 0 Å². The maximum Gasteiger partial charge on any atom is 0.377 e. The standard InChI is InChI=1S/C28H50O7.C25H50O5/c1-19(2)10-6-11-20(3)12-7-13-21(4)14-8-15-22(5)16-9-17-24(30)34-18-23(29)27-25(31)26(32)28(33)35-27;1-18(2)9-6-10-19(3)11-7-12-20(4)13-8-14-21(5)15-16-29-25-24(28)23(27)22(26)17-30-25/h19-23,27,29,31-32H,6-18H2,1-5H3;18-28H,6-17H2,1-5H3/t;19?,20?,21?,22-,23+,24+,25?/m.1/s1. The third kappa shape index (κ3) is 28.9. The van der Waals surface area contributed by atoms with Gasteiger partial charge in [-0.1, -0.05) is 191 Å². The van der Waals surface area contributed by atoms with E-state index in [1.807, 2.05) is 0 Å². The van der Waals surface area contributed by atoms with Crippen LogP contribution in [0.2, 0.25) is 0 Å². The molecule has 0 saturated carbocycles. The summed E-state index contributed by atoms with van der Waals surface area (Å²) >= 11 is 0. The molecule has 0 aromatic heterocycles. The lowest BCUT2D eigenvalue weighted by Crippen LogP contribution is -2.53. The van der Waals surface area contributed by atoms with Crippen molar-refractivity contribution in [2.45, 2.75) is 247 Å². The largest absolute Gasteiger partial charge is 0.505 e. The molecule has 2 aliphatic heterocycles. The maximum atomic E-state index is 11.9. The number of cyclic esters (lactones) is 1. The van der Waals surface area contributed by atoms with E-state index in [0.29, 0.717) is 24.9 Å². The van der Waals surface area contributed by atoms with Gasteiger partial charge in [0.2, 0.25) is 5.76 Å². The molecule has 12 heteroatoms. The summed E-state index contributed by atoms with van der Waals surface area (Å²) in [6.45, 7) is 23.3. The summed E-state index contributed by atoms with van der Waals surface area (Å²) in [7, 11) is 0. The van der Waals surface area contributed by atoms with E-state index in [9.17, 15) is 40.2 Å². The van der Waals surface area contributed by atoms with Crippen LogP contribution < -0.4 is 0 Å². The Kier molecular flexibility index (Phi) is 33.1. The van der Waals surface area contributed by atoms with Crippen LogP contribution in [-0.2, 0) is 28.5 Å². The van der Waals surface area contributed by atoms with Gasteiger partial charge < -0.3 is 49.6 Å². The first-order valence-corrected chi connectivity index (χ1v) is 26.2. The Balaban J connectivity index is 0.000000658. The number of carbonyl (C=O) groups is 2. The smallest absolute Gasteiger partial charge is 0.377 e. The fourth-order valence-corrected chi connectivity index (χ4v) is 8.85. The van der Waals surface area contributed by atoms with Gasteiger partial charge in [-0.3, -0.25) is 4.79 Å². The predicted octanol–water partition coefficient (Wildman–Crippen LogP) is 11.3. The topological polar surface area (TPSA) is 192 Å². The van der Waals surface area contributed by atoms with Crippen molar-refractivity contribution >= 4 is 11.9 Å². The van der Waals surface area contributed by atoms with Gasteiger partial charge >= 0.3 is 11.9 Å². The van der Waals surface area contributed by atoms with Crippen molar-refractivity contribution in [3.63, 3.8) is 0 Å². The van der Waals surface area contributed by atoms with Gasteiger partial charge in [0, 0.05) is 6.42 Å². The van der Waals surface area contributed by atoms with E-state index < -0.39 is 66.9 Å². The quantitative estimate of drug-likeness (QED) is 0.0330. The third-order valence-corrected chi connectivity index (χ3v) is 13.7. The van der Waals surface area contributed by atoms with Crippen molar-refractivity contribution in [1.82, 2.24) is 0 Å². The normalized spacial score (nSPS) is 23.4. The molecular weight excluding hydrogens is 829 g/mol. The molecule has 9 unspecified atom stereocenters. The Morgan fingerprint density at radius 3 is 1.35 bits per heavy atom. The SMILES string of the molecule is CC(C)CCCC(C)CCCC(C)CCCC(C)CCCC(=O)OCC(O)C1OC(=O)C(O)=C1O.CC(C)CCCC(C)CCCC(C)CCCC(C)CCOC1OC[C@@H](O)[C@H](O)[C@@H]1O. The van der Waals surface area contributed by atoms with Crippen LogP contribution in [0, 0.1) is 47.3 Å². The van der Waals surface area contributed by atoms with Crippen molar-refractivity contribution in [3.8, 4) is 0 Å². The number of hydrogen-bond donors (Lipinski definition) is 6. The van der Waals surface area contributed by atoms with E-state index in [0.717, 1.165) is 54.8 Å². The van der Waals surface area contributed by atoms with Crippen LogP contribution in [0.5, 0.6) is 0 Å². The summed E-state index contributed by atoms with van der Waals surface area (Å²) < 4.78 is 20.5. The van der Waals surface area contributed by atoms with Gasteiger partial charge in [0.15, 0.2) is 18.2 Å². The van der Waals surface area contributed by atoms with Gasteiger partial charge in [-0.15, -0.1) is 0 Å². The Morgan fingerprint density at radius 2 is 0.969 bits per heavy atom. The molecular formula is C53H100O12. The fraction of sp³-hybridized carbons (Fsp3) is 0.925. The van der Waals surface area contributed by atoms with Gasteiger partial charge in [-0.05, 0) is 60.2 Å². The molecule has 0 aliphatic carbocycles. The number of hydrogen-bond acceptors (Lipinski definition) is 12. The predicted molar refractivity (Wildman–Crippen MR) is 259 cm³/mol. The highest BCUT2D eigenvalue weighted by Crippen LogP contribution is 2.26. The van der Waals surface area contributed by atoms with Gasteiger partial charge in [-0.25, -0.2) is 4.79 Å². The molecule has 2 rings (SSSR count). The van der Waals surface area contributed by atoms with E-state index in [1.165, 1.54) is 109 Å². The summed E-state index contributed by atoms with van der Waals surface area (Å²) in [5.74, 6) is 2.81. The highest BCUT2D eigenvalue weighted by Gasteiger charge is 2.40. The molecule has 12 atom stereocenters. The molecule has 6 N–H and O–H groups in total. The molecule has 65 heavy (non-hydrogen) atoms. The highest BCUT2D eigenvalue weighted by atomic mass is 16.7. The molecule has 2 aliphatic rings. The second-order valence-corrected chi connectivity index (χ2v) is 21.6. The van der Waals surface area contributed by atoms with E-state index in [4.69, 9.17) is 14.2 Å². The van der Waals surface area contributed by atoms with Gasteiger partial charge in [0.25, 0.3) is 0 Å². The zero-order valence-electron chi connectivity index (χ0n) is 42.9. The molecule has 0 bridgehead atoms. The number of rotatable bonds is 35. The molecule has 2 heterocycles. The van der Waals surface area contributed by atoms with Crippen molar-refractivity contribution in [2.24, 2.45) is 47.3 Å². The van der Waals surface area contributed by atoms with Gasteiger partial charge in [0.1, 0.15) is 31.0 Å². The summed E-state index contributed by atoms with van der Waals surface area (Å²) in [6.07, 6.45) is 19.3. The van der Waals surface area contributed by atoms with Crippen molar-refractivity contribution < 1.29 is 59.2 Å². The van der Waals surface area contributed by atoms with Gasteiger partial charge in [-0.2, -0.15) is 0 Å². The molecule has 0 amide bonds. The average molecular weight is 929 g/mol. The third-order valence-electron chi connectivity index (χ3n) is 13.7. The fourth-order valence-electron chi connectivity index (χ4n) is 8.85. The monoisotopic (exact) mass is 929 g/mol. The summed E-state index contributed by atoms with van der Waals surface area (Å²) in [6, 6.07) is 0. The minimum absolute atomic E-state index is 0.00689. The molecule has 1 fully saturated rings. The first-order valence-electron chi connectivity index (χ1n) is 26.2. The van der Waals surface area contributed by atoms with Crippen LogP contribution in [0.3, 0.4) is 0 Å². The number of ether oxygens (including phenoxy) is 4. The molecule has 0 aromatic rings. The first kappa shape index (κ1) is 61.1. The first-order chi connectivity index (χ1) is 30.7. The highest BCUT2D eigenvalue weighted by molar-refractivity contribution is 5.89. The van der Waals surface area contributed by atoms with E-state index >= 15 is 0 Å². The van der Waals surface area contributed by atoms with Crippen LogP contribution in [0.4, 0.5) is 0 Å². The van der Waals surface area contributed by atoms with Crippen LogP contribution in [0.25, 0.3) is 0 Å². The second-order valence-electron chi connectivity index (χ2n) is 21.6. The molecule has 1 saturated heterocycles. The molecule has 12 nitrogen and oxygen atoms in total. The molecule has 0 radical (unpaired) electrons. The molecule has 0 spiro atoms. The lowest BCUT2D eigenvalue weighted by atomic mass is 9.90. The van der Waals surface area contributed by atoms with Crippen LogP contribution in [0.1, 0.15) is 210 Å². The van der Waals surface area contributed by atoms with E-state index in [-0.39, 0.29) is 13.0 Å². The number of aliphatic hydroxyl groups excluding tert-OH is 6. The van der Waals surface area contributed by atoms with Crippen LogP contribution >= 0.6 is 0 Å². The summed E-state index contributed by atoms with van der Waals surface area (Å²) in [5, 5.41) is 57.8. The summed E-state index contributed by atoms with van der Waals surface area (Å²) in [4.78, 5) is 23.1. The van der Waals surface area contributed by atoms with Crippen LogP contribution in [-0.4, -0.2) is 99.2 Å². The van der Waals surface area contributed by atoms with Crippen molar-refractivity contribution in [2.75, 3.05) is 19.8 Å². The minimum Gasteiger partial charge on any atom is -0.505 e. The van der Waals surface area contributed by atoms with E-state index in [2.05, 4.69) is 74.0 Å². The van der Waals surface area contributed by atoms with Crippen LogP contribution in [0.15, 0.2) is 11.5 Å². The zero-order valence-corrected chi connectivity index (χ0v) is 42.9. The van der Waals surface area contributed by atoms with E-state index in [1.54, 1.807) is 0 Å². The molecule has 384 valence electrons. The Bertz CT molecular complexity index is 1260. The zero-order chi connectivity index (χ0) is 48.9. The maximum absolute atomic E-state index is 11.9. The molecule has 0 aromatic carbocycles. The Morgan fingerprint density at radius 1 is 0.585 bits per heavy atom. The van der Waals surface area contributed by atoms with Gasteiger partial charge in [0.05, 0.1) is 13.2 Å². The number of aliphatic hydroxyl groups is 6.